The molecule has 5 aromatic rings. The molecule has 300 valence electrons. The number of nitrogens with one attached hydrogen (secondary N) is 3. The minimum atomic E-state index is -1.25. The number of nitrogens with zero attached hydrogens (tertiary/aromatic N) is 5. The quantitative estimate of drug-likeness (QED) is 0.0722. The molecule has 8 nitrogen and oxygen atoms in total. The summed E-state index contributed by atoms with van der Waals surface area (Å²) in [5.74, 6) is 4.28. The number of rotatable bonds is 15. The van der Waals surface area contributed by atoms with E-state index >= 15 is 0 Å². The fourth-order valence-electron chi connectivity index (χ4n) is 8.64. The van der Waals surface area contributed by atoms with Gasteiger partial charge in [-0.3, -0.25) is 0 Å². The van der Waals surface area contributed by atoms with Gasteiger partial charge in [0.25, 0.3) is 0 Å². The van der Waals surface area contributed by atoms with E-state index in [4.69, 9.17) is 52.6 Å². The van der Waals surface area contributed by atoms with E-state index in [-0.39, 0.29) is 0 Å². The van der Waals surface area contributed by atoms with Crippen LogP contribution in [0.25, 0.3) is 10.8 Å². The first kappa shape index (κ1) is 38.7. The number of hydrogen-bond acceptors (Lipinski definition) is 7. The number of anilines is 1. The molecule has 0 amide bonds. The van der Waals surface area contributed by atoms with Crippen molar-refractivity contribution >= 4 is 63.2 Å². The molecule has 0 fully saturated rings. The molecule has 0 spiro atoms. The average molecular weight is 838 g/mol. The molecule has 5 heterocycles. The van der Waals surface area contributed by atoms with Gasteiger partial charge in [0.05, 0.1) is 0 Å². The molecule has 1 unspecified atom stereocenters. The molecule has 0 radical (unpaired) electrons. The van der Waals surface area contributed by atoms with Crippen LogP contribution in [0.15, 0.2) is 110 Å². The standard InChI is InChI=1S/C48H50ClN8.Cu/c1-2-3-4-5-6-7-8-9-10-11-12-13-14-15-22-31-29-30-38-39(40(31)49)48-56-46-37-28-21-20-27-36(37)44(54-46)52-42-33-24-17-16-23-32(33)41(50-42)51-43-34-25-18-19-26-35(34)45(53-43)55-47(38)57-48;/h16-21,23-30,57H,2-15,22H2,1H3,(H,51,53,55)(H,50,52,54,56);. The van der Waals surface area contributed by atoms with Crippen LogP contribution in [-0.4, -0.2) is 34.2 Å². The van der Waals surface area contributed by atoms with Crippen LogP contribution in [0.2, 0.25) is 5.02 Å². The van der Waals surface area contributed by atoms with Gasteiger partial charge in [0.15, 0.2) is 0 Å². The Bertz CT molecular complexity index is 2510. The third-order valence-corrected chi connectivity index (χ3v) is 12.7. The third-order valence-electron chi connectivity index (χ3n) is 11.8. The molecular weight excluding hydrogens is 788 g/mol. The Morgan fingerprint density at radius 2 is 1.12 bits per heavy atom. The summed E-state index contributed by atoms with van der Waals surface area (Å²) in [6, 6.07) is 28.4. The van der Waals surface area contributed by atoms with E-state index in [1.165, 1.54) is 83.5 Å². The molecule has 8 bridgehead atoms. The first-order valence-electron chi connectivity index (χ1n) is 21.3. The molecule has 4 aliphatic heterocycles. The summed E-state index contributed by atoms with van der Waals surface area (Å²) >= 11 is 13.9. The number of amidine groups is 5. The summed E-state index contributed by atoms with van der Waals surface area (Å²) in [6.07, 6.45) is 19.6. The molecule has 0 saturated carbocycles. The molecular formula is C48H50ClCuN8. The first-order valence-corrected chi connectivity index (χ1v) is 22.1. The number of aryl methyl sites for hydroxylation is 1. The number of benzene rings is 4. The van der Waals surface area contributed by atoms with Crippen molar-refractivity contribution in [2.75, 3.05) is 5.32 Å². The van der Waals surface area contributed by atoms with Gasteiger partial charge < -0.3 is 0 Å². The van der Waals surface area contributed by atoms with Crippen molar-refractivity contribution in [3.8, 4) is 0 Å². The number of hydrogen-bond donors (Lipinski definition) is 3. The maximum atomic E-state index is 7.40. The van der Waals surface area contributed by atoms with Crippen molar-refractivity contribution in [2.24, 2.45) is 25.0 Å². The molecule has 58 heavy (non-hydrogen) atoms. The number of halogens is 1. The monoisotopic (exact) mass is 836 g/mol. The Hall–Kier alpha value is -4.82. The van der Waals surface area contributed by atoms with Crippen molar-refractivity contribution in [3.05, 3.63) is 129 Å². The number of aromatic amines is 1. The van der Waals surface area contributed by atoms with Crippen molar-refractivity contribution in [3.63, 3.8) is 0 Å². The van der Waals surface area contributed by atoms with E-state index in [9.17, 15) is 0 Å². The van der Waals surface area contributed by atoms with Gasteiger partial charge in [-0.15, -0.1) is 0 Å². The van der Waals surface area contributed by atoms with Gasteiger partial charge in [0.1, 0.15) is 0 Å². The summed E-state index contributed by atoms with van der Waals surface area (Å²) in [5, 5.41) is 9.58. The normalized spacial score (nSPS) is 17.4. The predicted octanol–water partition coefficient (Wildman–Crippen LogP) is 12.0. The zero-order valence-corrected chi connectivity index (χ0v) is 34.8. The van der Waals surface area contributed by atoms with Gasteiger partial charge in [-0.1, -0.05) is 90.4 Å². The topological polar surface area (TPSA) is 102 Å². The Morgan fingerprint density at radius 1 is 0.569 bits per heavy atom. The number of aliphatic imine (C=N–C) groups is 5. The molecule has 10 heteroatoms. The number of H-pyrrole nitrogens is 1. The van der Waals surface area contributed by atoms with E-state index in [1.54, 1.807) is 0 Å². The molecule has 4 aromatic carbocycles. The molecule has 0 saturated heterocycles. The average Bonchev–Trinajstić information content (AvgIpc) is 3.96. The third kappa shape index (κ3) is 7.72. The number of fused-ring (bicyclic) bond motifs is 18. The second kappa shape index (κ2) is 17.2. The van der Waals surface area contributed by atoms with E-state index in [1.807, 2.05) is 72.8 Å². The van der Waals surface area contributed by atoms with Crippen molar-refractivity contribution in [1.29, 1.82) is 0 Å². The van der Waals surface area contributed by atoms with Crippen LogP contribution in [0.5, 0.6) is 0 Å². The van der Waals surface area contributed by atoms with Crippen molar-refractivity contribution in [2.45, 2.75) is 108 Å². The summed E-state index contributed by atoms with van der Waals surface area (Å²) in [6.45, 7) is 2.28. The van der Waals surface area contributed by atoms with E-state index in [0.717, 1.165) is 68.4 Å². The minimum absolute atomic E-state index is 0.534. The van der Waals surface area contributed by atoms with E-state index < -0.39 is 4.56 Å². The number of unbranched alkanes of at least 4 members (excludes halogenated alkanes) is 13. The Balaban J connectivity index is 1.01. The van der Waals surface area contributed by atoms with E-state index in [2.05, 4.69) is 34.7 Å². The summed E-state index contributed by atoms with van der Waals surface area (Å²) in [5.41, 5.74) is 6.43. The van der Waals surface area contributed by atoms with Crippen molar-refractivity contribution < 1.29 is 16.0 Å². The van der Waals surface area contributed by atoms with Gasteiger partial charge in [-0.25, -0.2) is 0 Å². The summed E-state index contributed by atoms with van der Waals surface area (Å²) < 4.78 is -1.25. The van der Waals surface area contributed by atoms with Crippen LogP contribution in [0.4, 0.5) is 11.6 Å². The fraction of sp³-hybridized carbons (Fsp3) is 0.354. The fourth-order valence-corrected chi connectivity index (χ4v) is 9.40. The van der Waals surface area contributed by atoms with Crippen LogP contribution in [0, 0.1) is 0 Å². The molecule has 3 N–H and O–H groups in total. The van der Waals surface area contributed by atoms with Crippen LogP contribution in [-0.2, 0) is 27.0 Å². The van der Waals surface area contributed by atoms with E-state index in [0.29, 0.717) is 40.0 Å². The summed E-state index contributed by atoms with van der Waals surface area (Å²) in [4.78, 5) is 29.2. The second-order valence-corrected chi connectivity index (χ2v) is 16.9. The predicted molar refractivity (Wildman–Crippen MR) is 237 cm³/mol. The Kier molecular flexibility index (Phi) is 11.5. The van der Waals surface area contributed by atoms with Gasteiger partial charge in [0.2, 0.25) is 0 Å². The zero-order chi connectivity index (χ0) is 39.5. The molecule has 1 aromatic heterocycles. The molecule has 0 aliphatic carbocycles. The van der Waals surface area contributed by atoms with Crippen LogP contribution in [0.1, 0.15) is 136 Å². The first-order chi connectivity index (χ1) is 28.5. The van der Waals surface area contributed by atoms with Crippen molar-refractivity contribution in [1.82, 2.24) is 10.3 Å². The van der Waals surface area contributed by atoms with Crippen LogP contribution < -0.4 is 10.6 Å². The number of aromatic nitrogens is 1. The Morgan fingerprint density at radius 3 is 1.79 bits per heavy atom. The maximum absolute atomic E-state index is 7.40. The van der Waals surface area contributed by atoms with Gasteiger partial charge in [-0.05, 0) is 6.42 Å². The zero-order valence-electron chi connectivity index (χ0n) is 33.1. The van der Waals surface area contributed by atoms with Crippen LogP contribution in [0.3, 0.4) is 0 Å². The molecule has 9 rings (SSSR count). The van der Waals surface area contributed by atoms with Gasteiger partial charge in [0, 0.05) is 0 Å². The van der Waals surface area contributed by atoms with Crippen LogP contribution >= 0.6 is 11.6 Å². The second-order valence-electron chi connectivity index (χ2n) is 15.8. The Labute approximate surface area is 354 Å². The molecule has 4 aliphatic rings. The van der Waals surface area contributed by atoms with Gasteiger partial charge in [-0.2, -0.15) is 0 Å². The summed E-state index contributed by atoms with van der Waals surface area (Å²) in [7, 11) is 0. The van der Waals surface area contributed by atoms with Gasteiger partial charge >= 0.3 is 260 Å². The molecule has 1 atom stereocenters. The SMILES string of the molecule is CCCCCCCCCCCCCCCCc1ccc2c3[nH]c(c2c1Cl)N=C1N=C(N=C2N[C]([Cu])(N=C4N=C(N3)c3ccccc34)c3ccccc32)c2ccccc21.